The summed E-state index contributed by atoms with van der Waals surface area (Å²) in [5.41, 5.74) is 10.6. The van der Waals surface area contributed by atoms with Crippen molar-refractivity contribution in [2.24, 2.45) is 5.73 Å². The van der Waals surface area contributed by atoms with Crippen LogP contribution in [-0.4, -0.2) is 25.4 Å². The Morgan fingerprint density at radius 2 is 2.31 bits per heavy atom. The van der Waals surface area contributed by atoms with Crippen LogP contribution in [0.25, 0.3) is 5.65 Å². The molecular formula is C8H8N6OS. The lowest BCUT2D eigenvalue weighted by molar-refractivity contribution is 0.0939. The Bertz CT molecular complexity index is 517. The maximum absolute atomic E-state index is 11.5. The normalized spacial score (nSPS) is 10.0. The molecule has 0 unspecified atom stereocenters. The van der Waals surface area contributed by atoms with Crippen molar-refractivity contribution in [2.45, 2.75) is 0 Å². The Morgan fingerprint density at radius 3 is 3.00 bits per heavy atom. The van der Waals surface area contributed by atoms with E-state index in [0.717, 1.165) is 0 Å². The Balaban J connectivity index is 2.20. The van der Waals surface area contributed by atoms with E-state index in [2.05, 4.69) is 33.0 Å². The average Bonchev–Trinajstić information content (AvgIpc) is 2.69. The molecule has 0 aliphatic heterocycles. The van der Waals surface area contributed by atoms with Crippen LogP contribution >= 0.6 is 12.2 Å². The van der Waals surface area contributed by atoms with Crippen molar-refractivity contribution in [1.82, 2.24) is 25.2 Å². The van der Waals surface area contributed by atoms with Crippen molar-refractivity contribution < 1.29 is 4.79 Å². The molecule has 2 aromatic heterocycles. The number of aromatic nitrogens is 3. The Kier molecular flexibility index (Phi) is 2.64. The van der Waals surface area contributed by atoms with Gasteiger partial charge in [0.2, 0.25) is 0 Å². The molecule has 0 saturated carbocycles. The summed E-state index contributed by atoms with van der Waals surface area (Å²) in [5, 5.41) is -0.0150. The molecule has 0 spiro atoms. The largest absolute Gasteiger partial charge is 0.375 e. The van der Waals surface area contributed by atoms with Gasteiger partial charge in [-0.3, -0.25) is 20.6 Å². The summed E-state index contributed by atoms with van der Waals surface area (Å²) in [4.78, 5) is 19.5. The molecule has 0 radical (unpaired) electrons. The number of fused-ring (bicyclic) bond motifs is 1. The number of rotatable bonds is 1. The van der Waals surface area contributed by atoms with Gasteiger partial charge in [-0.15, -0.1) is 0 Å². The third-order valence-electron chi connectivity index (χ3n) is 1.80. The molecule has 2 rings (SSSR count). The van der Waals surface area contributed by atoms with E-state index < -0.39 is 5.91 Å². The van der Waals surface area contributed by atoms with Crippen LogP contribution in [0.3, 0.4) is 0 Å². The standard InChI is InChI=1S/C8H8N6OS/c9-8(16)13-12-7(15)5-4-14-2-1-10-3-6(14)11-5/h1-4H,(H,12,15)(H3,9,13,16). The van der Waals surface area contributed by atoms with Crippen molar-refractivity contribution in [2.75, 3.05) is 0 Å². The summed E-state index contributed by atoms with van der Waals surface area (Å²) in [7, 11) is 0. The summed E-state index contributed by atoms with van der Waals surface area (Å²) in [6.07, 6.45) is 6.43. The first kappa shape index (κ1) is 10.3. The zero-order valence-corrected chi connectivity index (χ0v) is 8.86. The molecule has 0 aliphatic carbocycles. The Hall–Kier alpha value is -2.22. The summed E-state index contributed by atoms with van der Waals surface area (Å²) < 4.78 is 1.68. The fraction of sp³-hybridized carbons (Fsp3) is 0. The zero-order chi connectivity index (χ0) is 11.5. The molecule has 2 heterocycles. The molecule has 2 aromatic rings. The van der Waals surface area contributed by atoms with Gasteiger partial charge in [-0.2, -0.15) is 0 Å². The van der Waals surface area contributed by atoms with E-state index in [1.807, 2.05) is 0 Å². The smallest absolute Gasteiger partial charge is 0.289 e. The van der Waals surface area contributed by atoms with Crippen LogP contribution in [0.1, 0.15) is 10.5 Å². The molecule has 4 N–H and O–H groups in total. The molecule has 0 bridgehead atoms. The number of nitrogens with two attached hydrogens (primary N) is 1. The van der Waals surface area contributed by atoms with Crippen molar-refractivity contribution in [3.05, 3.63) is 30.5 Å². The minimum absolute atomic E-state index is 0.0150. The number of carbonyl (C=O) groups is 1. The molecule has 0 aromatic carbocycles. The van der Waals surface area contributed by atoms with E-state index in [4.69, 9.17) is 5.73 Å². The van der Waals surface area contributed by atoms with Gasteiger partial charge in [-0.05, 0) is 12.2 Å². The molecule has 7 nitrogen and oxygen atoms in total. The SMILES string of the molecule is NC(=S)NNC(=O)c1cn2ccncc2n1. The highest BCUT2D eigenvalue weighted by Gasteiger charge is 2.09. The minimum Gasteiger partial charge on any atom is -0.375 e. The molecular weight excluding hydrogens is 228 g/mol. The number of imidazole rings is 1. The number of nitrogens with zero attached hydrogens (tertiary/aromatic N) is 3. The fourth-order valence-electron chi connectivity index (χ4n) is 1.13. The maximum Gasteiger partial charge on any atom is 0.289 e. The van der Waals surface area contributed by atoms with Gasteiger partial charge in [-0.25, -0.2) is 4.98 Å². The predicted octanol–water partition coefficient (Wildman–Crippen LogP) is -0.793. The second-order valence-electron chi connectivity index (χ2n) is 2.91. The van der Waals surface area contributed by atoms with Crippen LogP contribution in [0.5, 0.6) is 0 Å². The van der Waals surface area contributed by atoms with Gasteiger partial charge in [0.25, 0.3) is 5.91 Å². The van der Waals surface area contributed by atoms with Gasteiger partial charge in [0.1, 0.15) is 5.69 Å². The molecule has 82 valence electrons. The van der Waals surface area contributed by atoms with E-state index in [9.17, 15) is 4.79 Å². The second kappa shape index (κ2) is 4.11. The van der Waals surface area contributed by atoms with Crippen LogP contribution in [0.4, 0.5) is 0 Å². The van der Waals surface area contributed by atoms with Gasteiger partial charge < -0.3 is 10.1 Å². The van der Waals surface area contributed by atoms with Crippen LogP contribution in [-0.2, 0) is 0 Å². The number of hydrogen-bond acceptors (Lipinski definition) is 4. The second-order valence-corrected chi connectivity index (χ2v) is 3.35. The van der Waals surface area contributed by atoms with Crippen LogP contribution in [0.15, 0.2) is 24.8 Å². The Labute approximate surface area is 95.6 Å². The number of amides is 1. The highest BCUT2D eigenvalue weighted by Crippen LogP contribution is 2.02. The monoisotopic (exact) mass is 236 g/mol. The molecule has 0 fully saturated rings. The number of carbonyl (C=O) groups excluding carboxylic acids is 1. The topological polar surface area (TPSA) is 97.3 Å². The minimum atomic E-state index is -0.420. The van der Waals surface area contributed by atoms with Crippen molar-refractivity contribution in [1.29, 1.82) is 0 Å². The van der Waals surface area contributed by atoms with Gasteiger partial charge in [0, 0.05) is 18.6 Å². The molecule has 0 atom stereocenters. The highest BCUT2D eigenvalue weighted by molar-refractivity contribution is 7.80. The van der Waals surface area contributed by atoms with E-state index in [1.54, 1.807) is 29.2 Å². The summed E-state index contributed by atoms with van der Waals surface area (Å²) in [6.45, 7) is 0. The predicted molar refractivity (Wildman–Crippen MR) is 60.4 cm³/mol. The van der Waals surface area contributed by atoms with Crippen LogP contribution < -0.4 is 16.6 Å². The number of nitrogens with one attached hydrogen (secondary N) is 2. The van der Waals surface area contributed by atoms with Crippen molar-refractivity contribution in [3.8, 4) is 0 Å². The van der Waals surface area contributed by atoms with Gasteiger partial charge in [0.05, 0.1) is 6.20 Å². The number of hydrazine groups is 1. The lowest BCUT2D eigenvalue weighted by Gasteiger charge is -2.02. The fourth-order valence-corrected chi connectivity index (χ4v) is 1.19. The quantitative estimate of drug-likeness (QED) is 0.443. The molecule has 16 heavy (non-hydrogen) atoms. The first-order valence-corrected chi connectivity index (χ1v) is 4.72. The maximum atomic E-state index is 11.5. The average molecular weight is 236 g/mol. The van der Waals surface area contributed by atoms with E-state index in [0.29, 0.717) is 5.65 Å². The summed E-state index contributed by atoms with van der Waals surface area (Å²) >= 11 is 4.54. The third kappa shape index (κ3) is 2.06. The lowest BCUT2D eigenvalue weighted by Crippen LogP contribution is -2.44. The highest BCUT2D eigenvalue weighted by atomic mass is 32.1. The third-order valence-corrected chi connectivity index (χ3v) is 1.90. The summed E-state index contributed by atoms with van der Waals surface area (Å²) in [5.74, 6) is -0.420. The van der Waals surface area contributed by atoms with Crippen LogP contribution in [0.2, 0.25) is 0 Å². The first-order chi connectivity index (χ1) is 7.66. The van der Waals surface area contributed by atoms with Gasteiger partial charge in [-0.1, -0.05) is 0 Å². The number of thiocarbonyl (C=S) groups is 1. The van der Waals surface area contributed by atoms with Crippen LogP contribution in [0, 0.1) is 0 Å². The van der Waals surface area contributed by atoms with E-state index in [1.165, 1.54) is 0 Å². The summed E-state index contributed by atoms with van der Waals surface area (Å²) in [6, 6.07) is 0. The molecule has 8 heteroatoms. The van der Waals surface area contributed by atoms with E-state index >= 15 is 0 Å². The zero-order valence-electron chi connectivity index (χ0n) is 8.04. The lowest BCUT2D eigenvalue weighted by atomic mass is 10.5. The molecule has 0 saturated heterocycles. The number of hydrogen-bond donors (Lipinski definition) is 3. The van der Waals surface area contributed by atoms with Gasteiger partial charge in [0.15, 0.2) is 10.8 Å². The van der Waals surface area contributed by atoms with E-state index in [-0.39, 0.29) is 10.8 Å². The van der Waals surface area contributed by atoms with Gasteiger partial charge >= 0.3 is 0 Å². The van der Waals surface area contributed by atoms with Crippen molar-refractivity contribution in [3.63, 3.8) is 0 Å². The van der Waals surface area contributed by atoms with Crippen molar-refractivity contribution >= 4 is 28.9 Å². The molecule has 1 amide bonds. The first-order valence-electron chi connectivity index (χ1n) is 4.31. The molecule has 0 aliphatic rings. The Morgan fingerprint density at radius 1 is 1.50 bits per heavy atom.